The molecule has 0 aromatic heterocycles. The first kappa shape index (κ1) is 11.5. The number of rotatable bonds is 2. The van der Waals surface area contributed by atoms with Gasteiger partial charge in [0, 0.05) is 31.8 Å². The molecule has 1 heterocycles. The van der Waals surface area contributed by atoms with E-state index in [1.54, 1.807) is 0 Å². The number of carbonyl (C=O) groups excluding carboxylic acids is 2. The maximum atomic E-state index is 12.3. The number of nitrogens with zero attached hydrogens (tertiary/aromatic N) is 1. The third-order valence-corrected chi connectivity index (χ3v) is 3.97. The standard InChI is InChI=1S/C15H17NO2/c17-12-6-8-16(9-7-12)15(18)14-10-13(14)11-4-2-1-3-5-11/h1-5,13-14H,6-10H2. The molecule has 1 aromatic carbocycles. The molecule has 2 fully saturated rings. The third-order valence-electron chi connectivity index (χ3n) is 3.97. The van der Waals surface area contributed by atoms with Crippen LogP contribution in [-0.4, -0.2) is 29.7 Å². The van der Waals surface area contributed by atoms with Crippen LogP contribution in [0.15, 0.2) is 30.3 Å². The SMILES string of the molecule is O=C1CCN(C(=O)C2CC2c2ccccc2)CC1. The summed E-state index contributed by atoms with van der Waals surface area (Å²) in [5.41, 5.74) is 1.27. The summed E-state index contributed by atoms with van der Waals surface area (Å²) in [4.78, 5) is 25.3. The van der Waals surface area contributed by atoms with E-state index in [0.29, 0.717) is 31.8 Å². The molecular weight excluding hydrogens is 226 g/mol. The number of hydrogen-bond donors (Lipinski definition) is 0. The minimum Gasteiger partial charge on any atom is -0.342 e. The van der Waals surface area contributed by atoms with Gasteiger partial charge in [0.05, 0.1) is 0 Å². The van der Waals surface area contributed by atoms with Gasteiger partial charge in [-0.15, -0.1) is 0 Å². The lowest BCUT2D eigenvalue weighted by Crippen LogP contribution is -2.39. The number of benzene rings is 1. The fraction of sp³-hybridized carbons (Fsp3) is 0.467. The number of carbonyl (C=O) groups is 2. The Morgan fingerprint density at radius 2 is 1.78 bits per heavy atom. The Kier molecular flexibility index (Phi) is 2.90. The van der Waals surface area contributed by atoms with Crippen molar-refractivity contribution in [1.29, 1.82) is 0 Å². The molecule has 1 aliphatic carbocycles. The van der Waals surface area contributed by atoms with Gasteiger partial charge >= 0.3 is 0 Å². The van der Waals surface area contributed by atoms with Crippen molar-refractivity contribution < 1.29 is 9.59 Å². The lowest BCUT2D eigenvalue weighted by Gasteiger charge is -2.26. The molecule has 1 saturated heterocycles. The van der Waals surface area contributed by atoms with E-state index < -0.39 is 0 Å². The van der Waals surface area contributed by atoms with E-state index in [0.717, 1.165) is 6.42 Å². The van der Waals surface area contributed by atoms with E-state index in [4.69, 9.17) is 0 Å². The predicted molar refractivity (Wildman–Crippen MR) is 68.1 cm³/mol. The van der Waals surface area contributed by atoms with E-state index in [1.807, 2.05) is 23.1 Å². The summed E-state index contributed by atoms with van der Waals surface area (Å²) in [6.45, 7) is 1.24. The average molecular weight is 243 g/mol. The zero-order valence-electron chi connectivity index (χ0n) is 10.3. The van der Waals surface area contributed by atoms with Crippen LogP contribution in [0, 0.1) is 5.92 Å². The molecule has 94 valence electrons. The van der Waals surface area contributed by atoms with E-state index >= 15 is 0 Å². The largest absolute Gasteiger partial charge is 0.342 e. The topological polar surface area (TPSA) is 37.4 Å². The Labute approximate surface area is 107 Å². The molecule has 3 nitrogen and oxygen atoms in total. The molecule has 0 N–H and O–H groups in total. The molecule has 18 heavy (non-hydrogen) atoms. The van der Waals surface area contributed by atoms with Crippen LogP contribution in [-0.2, 0) is 9.59 Å². The predicted octanol–water partition coefficient (Wildman–Crippen LogP) is 1.98. The second-order valence-electron chi connectivity index (χ2n) is 5.22. The van der Waals surface area contributed by atoms with Crippen LogP contribution in [0.3, 0.4) is 0 Å². The molecule has 2 aliphatic rings. The highest BCUT2D eigenvalue weighted by molar-refractivity contribution is 5.86. The van der Waals surface area contributed by atoms with Gasteiger partial charge in [-0.3, -0.25) is 9.59 Å². The van der Waals surface area contributed by atoms with Gasteiger partial charge in [0.2, 0.25) is 5.91 Å². The first-order chi connectivity index (χ1) is 8.75. The number of likely N-dealkylation sites (tertiary alicyclic amines) is 1. The molecule has 2 atom stereocenters. The zero-order chi connectivity index (χ0) is 12.5. The maximum absolute atomic E-state index is 12.3. The number of amides is 1. The van der Waals surface area contributed by atoms with Crippen molar-refractivity contribution in [2.75, 3.05) is 13.1 Å². The van der Waals surface area contributed by atoms with Crippen LogP contribution in [0.2, 0.25) is 0 Å². The first-order valence-electron chi connectivity index (χ1n) is 6.61. The summed E-state index contributed by atoms with van der Waals surface area (Å²) in [6, 6.07) is 10.2. The maximum Gasteiger partial charge on any atom is 0.226 e. The second-order valence-corrected chi connectivity index (χ2v) is 5.22. The van der Waals surface area contributed by atoms with Gasteiger partial charge < -0.3 is 4.90 Å². The molecule has 1 aromatic rings. The van der Waals surface area contributed by atoms with Crippen molar-refractivity contribution in [3.8, 4) is 0 Å². The zero-order valence-corrected chi connectivity index (χ0v) is 10.3. The Hall–Kier alpha value is -1.64. The highest BCUT2D eigenvalue weighted by Crippen LogP contribution is 2.48. The summed E-state index contributed by atoms with van der Waals surface area (Å²) < 4.78 is 0. The lowest BCUT2D eigenvalue weighted by atomic mass is 10.1. The second kappa shape index (κ2) is 4.56. The van der Waals surface area contributed by atoms with Crippen molar-refractivity contribution in [2.45, 2.75) is 25.2 Å². The van der Waals surface area contributed by atoms with Gasteiger partial charge in [-0.25, -0.2) is 0 Å². The highest BCUT2D eigenvalue weighted by atomic mass is 16.2. The summed E-state index contributed by atoms with van der Waals surface area (Å²) >= 11 is 0. The minimum atomic E-state index is 0.153. The van der Waals surface area contributed by atoms with Crippen LogP contribution >= 0.6 is 0 Å². The monoisotopic (exact) mass is 243 g/mol. The third kappa shape index (κ3) is 2.17. The van der Waals surface area contributed by atoms with Crippen molar-refractivity contribution in [1.82, 2.24) is 4.90 Å². The van der Waals surface area contributed by atoms with Gasteiger partial charge in [-0.2, -0.15) is 0 Å². The number of hydrogen-bond acceptors (Lipinski definition) is 2. The molecule has 1 saturated carbocycles. The van der Waals surface area contributed by atoms with Gasteiger partial charge in [-0.05, 0) is 17.9 Å². The normalized spacial score (nSPS) is 27.1. The minimum absolute atomic E-state index is 0.153. The molecule has 3 heteroatoms. The van der Waals surface area contributed by atoms with Gasteiger partial charge in [0.15, 0.2) is 0 Å². The van der Waals surface area contributed by atoms with Crippen LogP contribution in [0.1, 0.15) is 30.7 Å². The van der Waals surface area contributed by atoms with Crippen molar-refractivity contribution in [2.24, 2.45) is 5.92 Å². The summed E-state index contributed by atoms with van der Waals surface area (Å²) in [5.74, 6) is 1.09. The quantitative estimate of drug-likeness (QED) is 0.796. The number of ketones is 1. The summed E-state index contributed by atoms with van der Waals surface area (Å²) in [5, 5.41) is 0. The van der Waals surface area contributed by atoms with E-state index in [1.165, 1.54) is 5.56 Å². The van der Waals surface area contributed by atoms with E-state index in [9.17, 15) is 9.59 Å². The van der Waals surface area contributed by atoms with E-state index in [2.05, 4.69) is 12.1 Å². The van der Waals surface area contributed by atoms with Crippen LogP contribution < -0.4 is 0 Å². The molecular formula is C15H17NO2. The molecule has 0 spiro atoms. The lowest BCUT2D eigenvalue weighted by molar-refractivity contribution is -0.135. The fourth-order valence-corrected chi connectivity index (χ4v) is 2.75. The smallest absolute Gasteiger partial charge is 0.226 e. The summed E-state index contributed by atoms with van der Waals surface area (Å²) in [6.07, 6.45) is 2.04. The van der Waals surface area contributed by atoms with Crippen molar-refractivity contribution >= 4 is 11.7 Å². The van der Waals surface area contributed by atoms with Crippen LogP contribution in [0.4, 0.5) is 0 Å². The number of piperidine rings is 1. The fourth-order valence-electron chi connectivity index (χ4n) is 2.75. The molecule has 1 amide bonds. The van der Waals surface area contributed by atoms with Crippen LogP contribution in [0.5, 0.6) is 0 Å². The van der Waals surface area contributed by atoms with E-state index in [-0.39, 0.29) is 17.6 Å². The molecule has 0 bridgehead atoms. The Morgan fingerprint density at radius 1 is 1.11 bits per heavy atom. The summed E-state index contributed by atoms with van der Waals surface area (Å²) in [7, 11) is 0. The molecule has 1 aliphatic heterocycles. The molecule has 0 radical (unpaired) electrons. The first-order valence-corrected chi connectivity index (χ1v) is 6.61. The van der Waals surface area contributed by atoms with Crippen molar-refractivity contribution in [3.63, 3.8) is 0 Å². The highest BCUT2D eigenvalue weighted by Gasteiger charge is 2.45. The number of Topliss-reactive ketones (excluding diaryl/α,β-unsaturated/α-hetero) is 1. The van der Waals surface area contributed by atoms with Gasteiger partial charge in [0.25, 0.3) is 0 Å². The Bertz CT molecular complexity index is 459. The Morgan fingerprint density at radius 3 is 2.44 bits per heavy atom. The Balaban J connectivity index is 1.61. The van der Waals surface area contributed by atoms with Crippen LogP contribution in [0.25, 0.3) is 0 Å². The van der Waals surface area contributed by atoms with Crippen molar-refractivity contribution in [3.05, 3.63) is 35.9 Å². The molecule has 2 unspecified atom stereocenters. The van der Waals surface area contributed by atoms with Gasteiger partial charge in [-0.1, -0.05) is 30.3 Å². The average Bonchev–Trinajstić information content (AvgIpc) is 3.20. The van der Waals surface area contributed by atoms with Gasteiger partial charge in [0.1, 0.15) is 5.78 Å². The molecule has 3 rings (SSSR count).